The number of hydrogen-bond acceptors (Lipinski definition) is 1. The van der Waals surface area contributed by atoms with Gasteiger partial charge in [-0.1, -0.05) is 0 Å². The van der Waals surface area contributed by atoms with Crippen LogP contribution in [-0.2, 0) is 6.54 Å². The van der Waals surface area contributed by atoms with Gasteiger partial charge in [0, 0.05) is 12.5 Å². The van der Waals surface area contributed by atoms with Crippen molar-refractivity contribution in [1.82, 2.24) is 4.98 Å². The maximum Gasteiger partial charge on any atom is 0.241 e. The van der Waals surface area contributed by atoms with E-state index in [0.29, 0.717) is 6.04 Å². The number of H-pyrrole nitrogens is 1. The molecule has 0 spiro atoms. The molecular formula is C7H14N3+. The molecule has 1 rings (SSSR count). The van der Waals surface area contributed by atoms with Crippen LogP contribution >= 0.6 is 0 Å². The Morgan fingerprint density at radius 3 is 3.00 bits per heavy atom. The number of nitrogens with one attached hydrogen (secondary N) is 1. The highest BCUT2D eigenvalue weighted by Crippen LogP contribution is 1.84. The van der Waals surface area contributed by atoms with Gasteiger partial charge in [-0.05, 0) is 6.92 Å². The Labute approximate surface area is 60.9 Å². The first-order valence-electron chi connectivity index (χ1n) is 3.56. The van der Waals surface area contributed by atoms with E-state index in [0.717, 1.165) is 13.0 Å². The van der Waals surface area contributed by atoms with Gasteiger partial charge >= 0.3 is 0 Å². The predicted molar refractivity (Wildman–Crippen MR) is 39.3 cm³/mol. The summed E-state index contributed by atoms with van der Waals surface area (Å²) in [6.07, 6.45) is 6.87. The third-order valence-electron chi connectivity index (χ3n) is 1.45. The number of hydrogen-bond donors (Lipinski definition) is 2. The maximum atomic E-state index is 5.59. The number of rotatable bonds is 3. The highest BCUT2D eigenvalue weighted by atomic mass is 15.0. The van der Waals surface area contributed by atoms with Crippen LogP contribution in [0.3, 0.4) is 0 Å². The standard InChI is InChI=1S/C7H13N3/c1-7(8)2-4-10-5-3-9-6-10/h3,5-7H,2,4,8H2,1H3/p+1. The minimum absolute atomic E-state index is 0.294. The van der Waals surface area contributed by atoms with Gasteiger partial charge in [0.1, 0.15) is 12.4 Å². The van der Waals surface area contributed by atoms with Crippen LogP contribution in [0.5, 0.6) is 0 Å². The molecule has 1 atom stereocenters. The van der Waals surface area contributed by atoms with Crippen molar-refractivity contribution >= 4 is 0 Å². The molecule has 3 nitrogen and oxygen atoms in total. The molecule has 0 saturated heterocycles. The summed E-state index contributed by atoms with van der Waals surface area (Å²) in [5.41, 5.74) is 5.59. The molecule has 56 valence electrons. The first-order valence-corrected chi connectivity index (χ1v) is 3.56. The smallest absolute Gasteiger partial charge is 0.241 e. The van der Waals surface area contributed by atoms with Gasteiger partial charge < -0.3 is 5.73 Å². The summed E-state index contributed by atoms with van der Waals surface area (Å²) in [6.45, 7) is 3.02. The van der Waals surface area contributed by atoms with Crippen molar-refractivity contribution in [3.63, 3.8) is 0 Å². The zero-order valence-electron chi connectivity index (χ0n) is 6.25. The van der Waals surface area contributed by atoms with Crippen LogP contribution in [0, 0.1) is 0 Å². The molecule has 0 aliphatic rings. The molecule has 3 heteroatoms. The second-order valence-corrected chi connectivity index (χ2v) is 2.62. The lowest BCUT2D eigenvalue weighted by atomic mass is 10.2. The number of aromatic nitrogens is 2. The second kappa shape index (κ2) is 3.37. The lowest BCUT2D eigenvalue weighted by molar-refractivity contribution is -0.696. The van der Waals surface area contributed by atoms with Crippen LogP contribution in [0.4, 0.5) is 0 Å². The topological polar surface area (TPSA) is 45.7 Å². The van der Waals surface area contributed by atoms with Crippen molar-refractivity contribution in [3.05, 3.63) is 18.7 Å². The highest BCUT2D eigenvalue weighted by molar-refractivity contribution is 4.56. The minimum Gasteiger partial charge on any atom is -0.328 e. The normalized spacial score (nSPS) is 13.4. The molecule has 0 aliphatic carbocycles. The van der Waals surface area contributed by atoms with Gasteiger partial charge in [-0.25, -0.2) is 4.57 Å². The fourth-order valence-electron chi connectivity index (χ4n) is 0.812. The molecule has 10 heavy (non-hydrogen) atoms. The average molecular weight is 140 g/mol. The number of imidazole rings is 1. The Bertz CT molecular complexity index is 167. The van der Waals surface area contributed by atoms with E-state index < -0.39 is 0 Å². The molecule has 0 fully saturated rings. The molecule has 1 aromatic heterocycles. The molecule has 0 radical (unpaired) electrons. The van der Waals surface area contributed by atoms with Gasteiger partial charge in [0.25, 0.3) is 0 Å². The van der Waals surface area contributed by atoms with E-state index >= 15 is 0 Å². The number of aryl methyl sites for hydroxylation is 1. The second-order valence-electron chi connectivity index (χ2n) is 2.62. The first-order chi connectivity index (χ1) is 4.79. The molecule has 1 heterocycles. The van der Waals surface area contributed by atoms with Crippen molar-refractivity contribution in [2.24, 2.45) is 5.73 Å². The quantitative estimate of drug-likeness (QED) is 0.572. The Morgan fingerprint density at radius 1 is 1.70 bits per heavy atom. The SMILES string of the molecule is CC(N)CC[n+]1cc[nH]c1. The third kappa shape index (κ3) is 2.19. The van der Waals surface area contributed by atoms with Gasteiger partial charge in [-0.2, -0.15) is 0 Å². The van der Waals surface area contributed by atoms with Crippen molar-refractivity contribution in [2.75, 3.05) is 0 Å². The van der Waals surface area contributed by atoms with Gasteiger partial charge in [-0.3, -0.25) is 4.98 Å². The highest BCUT2D eigenvalue weighted by Gasteiger charge is 1.98. The summed E-state index contributed by atoms with van der Waals surface area (Å²) >= 11 is 0. The maximum absolute atomic E-state index is 5.59. The molecule has 3 N–H and O–H groups in total. The number of nitrogens with two attached hydrogens (primary N) is 1. The Morgan fingerprint density at radius 2 is 2.50 bits per heavy atom. The van der Waals surface area contributed by atoms with E-state index in [4.69, 9.17) is 5.73 Å². The van der Waals surface area contributed by atoms with Gasteiger partial charge in [-0.15, -0.1) is 0 Å². The Kier molecular flexibility index (Phi) is 2.45. The molecule has 0 aliphatic heterocycles. The molecule has 0 bridgehead atoms. The van der Waals surface area contributed by atoms with Crippen LogP contribution in [0.2, 0.25) is 0 Å². The Hall–Kier alpha value is -0.830. The van der Waals surface area contributed by atoms with Crippen LogP contribution in [0.25, 0.3) is 0 Å². The van der Waals surface area contributed by atoms with Gasteiger partial charge in [0.05, 0.1) is 6.54 Å². The average Bonchev–Trinajstić information content (AvgIpc) is 2.34. The monoisotopic (exact) mass is 140 g/mol. The number of nitrogens with zero attached hydrogens (tertiary/aromatic N) is 1. The lowest BCUT2D eigenvalue weighted by Gasteiger charge is -1.99. The zero-order valence-corrected chi connectivity index (χ0v) is 6.25. The molecule has 0 saturated carbocycles. The van der Waals surface area contributed by atoms with Crippen molar-refractivity contribution in [3.8, 4) is 0 Å². The van der Waals surface area contributed by atoms with Crippen molar-refractivity contribution < 1.29 is 4.57 Å². The van der Waals surface area contributed by atoms with E-state index in [1.807, 2.05) is 25.6 Å². The van der Waals surface area contributed by atoms with E-state index in [9.17, 15) is 0 Å². The number of aromatic amines is 1. The van der Waals surface area contributed by atoms with Crippen LogP contribution in [0.15, 0.2) is 18.7 Å². The lowest BCUT2D eigenvalue weighted by Crippen LogP contribution is -2.33. The van der Waals surface area contributed by atoms with Gasteiger partial charge in [0.2, 0.25) is 6.33 Å². The fourth-order valence-corrected chi connectivity index (χ4v) is 0.812. The minimum atomic E-state index is 0.294. The van der Waals surface area contributed by atoms with E-state index in [1.54, 1.807) is 0 Å². The Balaban J connectivity index is 2.28. The van der Waals surface area contributed by atoms with Crippen molar-refractivity contribution in [1.29, 1.82) is 0 Å². The van der Waals surface area contributed by atoms with Crippen LogP contribution < -0.4 is 10.3 Å². The van der Waals surface area contributed by atoms with Gasteiger partial charge in [0.15, 0.2) is 0 Å². The van der Waals surface area contributed by atoms with E-state index in [1.165, 1.54) is 0 Å². The van der Waals surface area contributed by atoms with E-state index in [2.05, 4.69) is 9.55 Å². The van der Waals surface area contributed by atoms with Crippen LogP contribution in [-0.4, -0.2) is 11.0 Å². The predicted octanol–water partition coefficient (Wildman–Crippen LogP) is 0.0395. The molecular weight excluding hydrogens is 126 g/mol. The third-order valence-corrected chi connectivity index (χ3v) is 1.45. The zero-order chi connectivity index (χ0) is 7.40. The molecule has 1 aromatic rings. The molecule has 0 aromatic carbocycles. The summed E-state index contributed by atoms with van der Waals surface area (Å²) in [6, 6.07) is 0.294. The summed E-state index contributed by atoms with van der Waals surface area (Å²) in [5.74, 6) is 0. The summed E-state index contributed by atoms with van der Waals surface area (Å²) in [4.78, 5) is 2.98. The van der Waals surface area contributed by atoms with E-state index in [-0.39, 0.29) is 0 Å². The largest absolute Gasteiger partial charge is 0.328 e. The van der Waals surface area contributed by atoms with Crippen molar-refractivity contribution in [2.45, 2.75) is 25.9 Å². The molecule has 0 amide bonds. The summed E-state index contributed by atoms with van der Waals surface area (Å²) in [7, 11) is 0. The molecule has 1 unspecified atom stereocenters. The summed E-state index contributed by atoms with van der Waals surface area (Å²) < 4.78 is 2.09. The van der Waals surface area contributed by atoms with Crippen LogP contribution in [0.1, 0.15) is 13.3 Å². The fraction of sp³-hybridized carbons (Fsp3) is 0.571. The first kappa shape index (κ1) is 7.28. The summed E-state index contributed by atoms with van der Waals surface area (Å²) in [5, 5.41) is 0.